The highest BCUT2D eigenvalue weighted by Gasteiger charge is 2.56. The number of β-lactam (4-membered cyclic amide) rings is 1. The topological polar surface area (TPSA) is 151 Å². The number of nitrogens with one attached hydrogen (secondary N) is 2. The quantitative estimate of drug-likeness (QED) is 0.179. The van der Waals surface area contributed by atoms with Crippen molar-refractivity contribution in [3.05, 3.63) is 112 Å². The monoisotopic (exact) mass is 640 g/mol. The summed E-state index contributed by atoms with van der Waals surface area (Å²) >= 11 is 1.23. The van der Waals surface area contributed by atoms with Gasteiger partial charge in [-0.2, -0.15) is 0 Å². The van der Waals surface area contributed by atoms with E-state index in [1.54, 1.807) is 78.2 Å². The highest BCUT2D eigenvalue weighted by molar-refractivity contribution is 8.03. The van der Waals surface area contributed by atoms with Crippen LogP contribution in [0.25, 0.3) is 22.3 Å². The first-order valence-corrected chi connectivity index (χ1v) is 15.4. The Morgan fingerprint density at radius 1 is 0.978 bits per heavy atom. The van der Waals surface area contributed by atoms with Crippen LogP contribution in [0.2, 0.25) is 0 Å². The van der Waals surface area contributed by atoms with Crippen LogP contribution in [0.4, 0.5) is 0 Å². The maximum absolute atomic E-state index is 13.0. The lowest BCUT2D eigenvalue weighted by molar-refractivity contribution is -0.160. The van der Waals surface area contributed by atoms with Crippen LogP contribution < -0.4 is 20.3 Å². The van der Waals surface area contributed by atoms with Gasteiger partial charge in [0.05, 0.1) is 16.5 Å². The number of carboxylic acids is 1. The predicted molar refractivity (Wildman–Crippen MR) is 175 cm³/mol. The van der Waals surface area contributed by atoms with E-state index in [9.17, 15) is 24.3 Å². The number of aromatic nitrogens is 2. The molecule has 1 aromatic heterocycles. The fourth-order valence-electron chi connectivity index (χ4n) is 4.87. The summed E-state index contributed by atoms with van der Waals surface area (Å²) in [5.41, 5.74) is 1.12. The van der Waals surface area contributed by atoms with Crippen molar-refractivity contribution in [3.8, 4) is 22.9 Å². The first-order chi connectivity index (χ1) is 22.3. The van der Waals surface area contributed by atoms with Crippen LogP contribution in [-0.2, 0) is 14.4 Å². The molecule has 0 aliphatic carbocycles. The number of carbonyl (C=O) groups excluding carboxylic acids is 2. The SMILES string of the molecule is C/C=C\C.O=C(COc1ccccc1)NC1C(=O)N2C(C(=O)O)C(COc3ccccc3-c3nc4ccccc4c(=O)[nH]3)=CSC12. The van der Waals surface area contributed by atoms with Crippen molar-refractivity contribution < 1.29 is 29.0 Å². The highest BCUT2D eigenvalue weighted by atomic mass is 32.2. The molecule has 0 spiro atoms. The first-order valence-electron chi connectivity index (χ1n) is 14.5. The Labute approximate surface area is 268 Å². The van der Waals surface area contributed by atoms with Gasteiger partial charge in [-0.15, -0.1) is 11.8 Å². The lowest BCUT2D eigenvalue weighted by Gasteiger charge is -2.51. The fraction of sp³-hybridized carbons (Fsp3) is 0.206. The van der Waals surface area contributed by atoms with Gasteiger partial charge in [-0.05, 0) is 55.7 Å². The van der Waals surface area contributed by atoms with Gasteiger partial charge in [-0.25, -0.2) is 9.78 Å². The standard InChI is InChI=1S/C30H24N4O7S.C4H8/c35-23(15-40-18-8-2-1-3-9-18)32-24-28(37)34-25(30(38)39)17(16-42-29(24)34)14-41-22-13-7-5-11-20(22)26-31-21-12-6-4-10-19(21)27(36)33-26;1-3-4-2/h1-13,16,24-25,29H,14-15H2,(H,32,35)(H,38,39)(H,31,33,36);3-4H,1-2H3/b;4-3-. The minimum atomic E-state index is -1.26. The summed E-state index contributed by atoms with van der Waals surface area (Å²) in [6, 6.07) is 20.6. The number of hydrogen-bond donors (Lipinski definition) is 3. The van der Waals surface area contributed by atoms with Crippen LogP contribution in [0.3, 0.4) is 0 Å². The number of carbonyl (C=O) groups is 3. The van der Waals surface area contributed by atoms with Crippen molar-refractivity contribution in [2.45, 2.75) is 31.3 Å². The van der Waals surface area contributed by atoms with Gasteiger partial charge in [-0.3, -0.25) is 14.4 Å². The number of H-pyrrole nitrogens is 1. The van der Waals surface area contributed by atoms with Crippen molar-refractivity contribution in [1.82, 2.24) is 20.2 Å². The molecule has 3 unspecified atom stereocenters. The zero-order valence-electron chi connectivity index (χ0n) is 25.1. The molecule has 0 radical (unpaired) electrons. The number of aromatic amines is 1. The molecule has 11 nitrogen and oxygen atoms in total. The van der Waals surface area contributed by atoms with Gasteiger partial charge in [0.1, 0.15) is 35.3 Å². The number of para-hydroxylation sites is 3. The first kappa shape index (κ1) is 32.0. The molecule has 1 fully saturated rings. The van der Waals surface area contributed by atoms with E-state index in [-0.39, 0.29) is 18.8 Å². The molecule has 2 aliphatic rings. The summed E-state index contributed by atoms with van der Waals surface area (Å²) in [6.45, 7) is 3.59. The lowest BCUT2D eigenvalue weighted by Crippen LogP contribution is -2.74. The summed E-state index contributed by atoms with van der Waals surface area (Å²) in [6.07, 6.45) is 4.00. The number of ether oxygens (including phenoxy) is 2. The zero-order valence-corrected chi connectivity index (χ0v) is 25.9. The molecule has 0 saturated carbocycles. The summed E-state index contributed by atoms with van der Waals surface area (Å²) < 4.78 is 11.5. The number of carboxylic acid groups (broad SMARTS) is 1. The van der Waals surface area contributed by atoms with E-state index in [0.717, 1.165) is 0 Å². The van der Waals surface area contributed by atoms with Crippen molar-refractivity contribution in [2.75, 3.05) is 13.2 Å². The van der Waals surface area contributed by atoms with Gasteiger partial charge >= 0.3 is 5.97 Å². The minimum absolute atomic E-state index is 0.128. The number of benzene rings is 3. The van der Waals surface area contributed by atoms with E-state index in [2.05, 4.69) is 15.3 Å². The number of hydrogen-bond acceptors (Lipinski definition) is 8. The zero-order chi connectivity index (χ0) is 32.6. The van der Waals surface area contributed by atoms with Crippen LogP contribution in [0.15, 0.2) is 107 Å². The maximum atomic E-state index is 13.0. The van der Waals surface area contributed by atoms with E-state index >= 15 is 0 Å². The minimum Gasteiger partial charge on any atom is -0.488 e. The summed E-state index contributed by atoms with van der Waals surface area (Å²) in [5.74, 6) is -0.995. The molecule has 3 aromatic carbocycles. The number of amides is 2. The highest BCUT2D eigenvalue weighted by Crippen LogP contribution is 2.40. The predicted octanol–water partition coefficient (Wildman–Crippen LogP) is 4.37. The third kappa shape index (κ3) is 6.97. The van der Waals surface area contributed by atoms with Crippen LogP contribution in [0.1, 0.15) is 13.8 Å². The number of allylic oxidation sites excluding steroid dienone is 2. The average molecular weight is 641 g/mol. The van der Waals surface area contributed by atoms with Crippen molar-refractivity contribution >= 4 is 40.4 Å². The van der Waals surface area contributed by atoms with Gasteiger partial charge < -0.3 is 29.8 Å². The van der Waals surface area contributed by atoms with Crippen LogP contribution in [0, 0.1) is 0 Å². The van der Waals surface area contributed by atoms with E-state index < -0.39 is 35.2 Å². The summed E-state index contributed by atoms with van der Waals surface area (Å²) in [4.78, 5) is 58.9. The molecule has 46 heavy (non-hydrogen) atoms. The van der Waals surface area contributed by atoms with Crippen LogP contribution >= 0.6 is 11.8 Å². The van der Waals surface area contributed by atoms with Crippen molar-refractivity contribution in [2.24, 2.45) is 0 Å². The smallest absolute Gasteiger partial charge is 0.330 e. The molecule has 2 aliphatic heterocycles. The molecule has 3 heterocycles. The number of rotatable bonds is 9. The number of nitrogens with zero attached hydrogens (tertiary/aromatic N) is 2. The molecular formula is C34H32N4O7S. The van der Waals surface area contributed by atoms with Crippen LogP contribution in [-0.4, -0.2) is 68.4 Å². The molecule has 3 atom stereocenters. The number of fused-ring (bicyclic) bond motifs is 2. The third-order valence-electron chi connectivity index (χ3n) is 7.21. The molecule has 236 valence electrons. The van der Waals surface area contributed by atoms with E-state index in [0.29, 0.717) is 39.4 Å². The molecule has 12 heteroatoms. The Kier molecular flexibility index (Phi) is 10.2. The van der Waals surface area contributed by atoms with E-state index in [1.807, 2.05) is 32.1 Å². The Hall–Kier alpha value is -5.36. The second-order valence-corrected chi connectivity index (χ2v) is 11.2. The molecule has 0 bridgehead atoms. The normalized spacial score (nSPS) is 18.5. The Balaban J connectivity index is 0.000000985. The van der Waals surface area contributed by atoms with E-state index in [4.69, 9.17) is 9.47 Å². The van der Waals surface area contributed by atoms with Gasteiger partial charge in [0.2, 0.25) is 5.91 Å². The lowest BCUT2D eigenvalue weighted by atomic mass is 9.98. The number of thioether (sulfide) groups is 1. The van der Waals surface area contributed by atoms with Gasteiger partial charge in [-0.1, -0.05) is 54.6 Å². The number of aliphatic carboxylic acids is 1. The fourth-order valence-corrected chi connectivity index (χ4v) is 6.08. The molecule has 1 saturated heterocycles. The molecule has 3 N–H and O–H groups in total. The van der Waals surface area contributed by atoms with Crippen LogP contribution in [0.5, 0.6) is 11.5 Å². The second kappa shape index (κ2) is 14.6. The molecule has 2 amide bonds. The van der Waals surface area contributed by atoms with Crippen molar-refractivity contribution in [1.29, 1.82) is 0 Å². The largest absolute Gasteiger partial charge is 0.488 e. The van der Waals surface area contributed by atoms with Gasteiger partial charge in [0.25, 0.3) is 11.5 Å². The molecular weight excluding hydrogens is 608 g/mol. The summed E-state index contributed by atoms with van der Waals surface area (Å²) in [7, 11) is 0. The molecule has 4 aromatic rings. The average Bonchev–Trinajstić information content (AvgIpc) is 3.08. The Bertz CT molecular complexity index is 1850. The Morgan fingerprint density at radius 2 is 1.67 bits per heavy atom. The van der Waals surface area contributed by atoms with E-state index in [1.165, 1.54) is 16.7 Å². The maximum Gasteiger partial charge on any atom is 0.330 e. The summed E-state index contributed by atoms with van der Waals surface area (Å²) in [5, 5.41) is 14.2. The van der Waals surface area contributed by atoms with Gasteiger partial charge in [0, 0.05) is 5.57 Å². The third-order valence-corrected chi connectivity index (χ3v) is 8.43. The Morgan fingerprint density at radius 3 is 2.41 bits per heavy atom. The molecule has 6 rings (SSSR count). The second-order valence-electron chi connectivity index (χ2n) is 10.2. The van der Waals surface area contributed by atoms with Gasteiger partial charge in [0.15, 0.2) is 12.6 Å². The van der Waals surface area contributed by atoms with Crippen molar-refractivity contribution in [3.63, 3.8) is 0 Å².